The normalized spacial score (nSPS) is 15.5. The number of anilines is 1. The number of hydrogen-bond donors (Lipinski definition) is 1. The van der Waals surface area contributed by atoms with Crippen molar-refractivity contribution >= 4 is 23.5 Å². The molecule has 0 spiro atoms. The molecular formula is C17H20ClFN6. The van der Waals surface area contributed by atoms with Crippen molar-refractivity contribution in [2.75, 3.05) is 37.6 Å². The van der Waals surface area contributed by atoms with Gasteiger partial charge in [-0.15, -0.1) is 0 Å². The maximum atomic E-state index is 13.0. The van der Waals surface area contributed by atoms with Gasteiger partial charge in [0.25, 0.3) is 0 Å². The first-order chi connectivity index (χ1) is 12.1. The van der Waals surface area contributed by atoms with Gasteiger partial charge in [-0.2, -0.15) is 0 Å². The Kier molecular flexibility index (Phi) is 5.65. The summed E-state index contributed by atoms with van der Waals surface area (Å²) in [7, 11) is 0. The second-order valence-electron chi connectivity index (χ2n) is 5.75. The molecule has 2 N–H and O–H groups in total. The Labute approximate surface area is 151 Å². The molecule has 2 aromatic rings. The quantitative estimate of drug-likeness (QED) is 0.665. The molecule has 1 aliphatic heterocycles. The van der Waals surface area contributed by atoms with E-state index in [1.54, 1.807) is 24.5 Å². The van der Waals surface area contributed by atoms with Crippen molar-refractivity contribution in [1.82, 2.24) is 14.9 Å². The molecule has 1 aliphatic rings. The molecule has 132 valence electrons. The van der Waals surface area contributed by atoms with Crippen LogP contribution in [0.1, 0.15) is 5.56 Å². The van der Waals surface area contributed by atoms with Crippen molar-refractivity contribution in [1.29, 1.82) is 0 Å². The van der Waals surface area contributed by atoms with Crippen LogP contribution in [0, 0.1) is 5.82 Å². The molecule has 1 aromatic heterocycles. The number of rotatable bonds is 4. The molecule has 8 heteroatoms. The lowest BCUT2D eigenvalue weighted by atomic mass is 10.1. The SMILES string of the molecule is NC(=NCCc1ccc(F)cc1Cl)N1CCN(c2ncccn2)CC1. The first-order valence-electron chi connectivity index (χ1n) is 8.14. The van der Waals surface area contributed by atoms with Crippen molar-refractivity contribution < 1.29 is 4.39 Å². The topological polar surface area (TPSA) is 70.6 Å². The molecule has 1 fully saturated rings. The van der Waals surface area contributed by atoms with Crippen LogP contribution in [0.15, 0.2) is 41.7 Å². The molecule has 3 rings (SSSR count). The van der Waals surface area contributed by atoms with Gasteiger partial charge in [0.15, 0.2) is 5.96 Å². The summed E-state index contributed by atoms with van der Waals surface area (Å²) in [6.45, 7) is 3.64. The van der Waals surface area contributed by atoms with E-state index in [0.29, 0.717) is 23.9 Å². The molecule has 0 unspecified atom stereocenters. The van der Waals surface area contributed by atoms with E-state index in [0.717, 1.165) is 37.7 Å². The summed E-state index contributed by atoms with van der Waals surface area (Å²) in [6, 6.07) is 6.20. The minimum absolute atomic E-state index is 0.336. The molecule has 0 atom stereocenters. The van der Waals surface area contributed by atoms with Crippen LogP contribution in [-0.2, 0) is 6.42 Å². The second kappa shape index (κ2) is 8.11. The van der Waals surface area contributed by atoms with E-state index >= 15 is 0 Å². The molecule has 6 nitrogen and oxygen atoms in total. The average Bonchev–Trinajstić information content (AvgIpc) is 2.64. The highest BCUT2D eigenvalue weighted by molar-refractivity contribution is 6.31. The van der Waals surface area contributed by atoms with E-state index in [1.165, 1.54) is 12.1 Å². The van der Waals surface area contributed by atoms with Gasteiger partial charge < -0.3 is 15.5 Å². The van der Waals surface area contributed by atoms with Crippen molar-refractivity contribution in [3.8, 4) is 0 Å². The summed E-state index contributed by atoms with van der Waals surface area (Å²) < 4.78 is 13.0. The number of piperazine rings is 1. The third-order valence-corrected chi connectivity index (χ3v) is 4.46. The summed E-state index contributed by atoms with van der Waals surface area (Å²) >= 11 is 6.02. The zero-order valence-electron chi connectivity index (χ0n) is 13.8. The number of benzene rings is 1. The van der Waals surface area contributed by atoms with Crippen LogP contribution < -0.4 is 10.6 Å². The van der Waals surface area contributed by atoms with E-state index in [4.69, 9.17) is 17.3 Å². The van der Waals surface area contributed by atoms with Crippen LogP contribution in [-0.4, -0.2) is 53.6 Å². The van der Waals surface area contributed by atoms with E-state index in [9.17, 15) is 4.39 Å². The minimum atomic E-state index is -0.336. The van der Waals surface area contributed by atoms with Crippen LogP contribution in [0.2, 0.25) is 5.02 Å². The Balaban J connectivity index is 1.50. The number of aliphatic imine (C=N–C) groups is 1. The van der Waals surface area contributed by atoms with Crippen molar-refractivity contribution in [3.05, 3.63) is 53.1 Å². The molecular weight excluding hydrogens is 343 g/mol. The number of nitrogens with zero attached hydrogens (tertiary/aromatic N) is 5. The number of aromatic nitrogens is 2. The fourth-order valence-electron chi connectivity index (χ4n) is 2.71. The number of hydrogen-bond acceptors (Lipinski definition) is 4. The summed E-state index contributed by atoms with van der Waals surface area (Å²) in [5, 5.41) is 0.422. The Hall–Kier alpha value is -2.41. The van der Waals surface area contributed by atoms with Crippen molar-refractivity contribution in [3.63, 3.8) is 0 Å². The first-order valence-corrected chi connectivity index (χ1v) is 8.52. The van der Waals surface area contributed by atoms with Gasteiger partial charge in [-0.3, -0.25) is 4.99 Å². The predicted molar refractivity (Wildman–Crippen MR) is 97.4 cm³/mol. The highest BCUT2D eigenvalue weighted by Crippen LogP contribution is 2.17. The standard InChI is InChI=1S/C17H20ClFN6/c18-15-12-14(19)3-2-13(15)4-7-21-16(20)24-8-10-25(11-9-24)17-22-5-1-6-23-17/h1-3,5-6,12H,4,7-11H2,(H2,20,21). The number of halogens is 2. The van der Waals surface area contributed by atoms with Crippen LogP contribution in [0.25, 0.3) is 0 Å². The lowest BCUT2D eigenvalue weighted by molar-refractivity contribution is 0.378. The van der Waals surface area contributed by atoms with Gasteiger partial charge in [0.05, 0.1) is 0 Å². The molecule has 0 saturated carbocycles. The van der Waals surface area contributed by atoms with E-state index in [2.05, 4.69) is 19.9 Å². The van der Waals surface area contributed by atoms with Crippen LogP contribution in [0.4, 0.5) is 10.3 Å². The number of nitrogens with two attached hydrogens (primary N) is 1. The third-order valence-electron chi connectivity index (χ3n) is 4.11. The Morgan fingerprint density at radius 2 is 1.92 bits per heavy atom. The summed E-state index contributed by atoms with van der Waals surface area (Å²) in [6.07, 6.45) is 4.11. The molecule has 0 bridgehead atoms. The highest BCUT2D eigenvalue weighted by atomic mass is 35.5. The highest BCUT2D eigenvalue weighted by Gasteiger charge is 2.19. The first kappa shape index (κ1) is 17.4. The van der Waals surface area contributed by atoms with E-state index in [1.807, 2.05) is 4.90 Å². The fraction of sp³-hybridized carbons (Fsp3) is 0.353. The van der Waals surface area contributed by atoms with E-state index < -0.39 is 0 Å². The molecule has 0 radical (unpaired) electrons. The zero-order valence-corrected chi connectivity index (χ0v) is 14.5. The second-order valence-corrected chi connectivity index (χ2v) is 6.16. The zero-order chi connectivity index (χ0) is 17.6. The van der Waals surface area contributed by atoms with Gasteiger partial charge in [-0.25, -0.2) is 14.4 Å². The molecule has 0 aliphatic carbocycles. The van der Waals surface area contributed by atoms with Gasteiger partial charge in [0.2, 0.25) is 5.95 Å². The fourth-order valence-corrected chi connectivity index (χ4v) is 2.97. The minimum Gasteiger partial charge on any atom is -0.370 e. The van der Waals surface area contributed by atoms with Gasteiger partial charge in [-0.05, 0) is 30.2 Å². The predicted octanol–water partition coefficient (Wildman–Crippen LogP) is 1.95. The molecule has 1 saturated heterocycles. The third kappa shape index (κ3) is 4.57. The van der Waals surface area contributed by atoms with Crippen LogP contribution >= 0.6 is 11.6 Å². The summed E-state index contributed by atoms with van der Waals surface area (Å²) in [5.41, 5.74) is 6.96. The lowest BCUT2D eigenvalue weighted by Crippen LogP contribution is -2.51. The Morgan fingerprint density at radius 3 is 2.60 bits per heavy atom. The maximum Gasteiger partial charge on any atom is 0.225 e. The monoisotopic (exact) mass is 362 g/mol. The van der Waals surface area contributed by atoms with Crippen LogP contribution in [0.5, 0.6) is 0 Å². The molecule has 1 aromatic carbocycles. The largest absolute Gasteiger partial charge is 0.370 e. The Bertz CT molecular complexity index is 731. The maximum absolute atomic E-state index is 13.0. The van der Waals surface area contributed by atoms with Gasteiger partial charge in [0.1, 0.15) is 5.82 Å². The van der Waals surface area contributed by atoms with Crippen LogP contribution in [0.3, 0.4) is 0 Å². The van der Waals surface area contributed by atoms with Gasteiger partial charge >= 0.3 is 0 Å². The Morgan fingerprint density at radius 1 is 1.20 bits per heavy atom. The number of guanidine groups is 1. The summed E-state index contributed by atoms with van der Waals surface area (Å²) in [5.74, 6) is 0.924. The smallest absolute Gasteiger partial charge is 0.225 e. The molecule has 25 heavy (non-hydrogen) atoms. The van der Waals surface area contributed by atoms with Crippen molar-refractivity contribution in [2.45, 2.75) is 6.42 Å². The summed E-state index contributed by atoms with van der Waals surface area (Å²) in [4.78, 5) is 17.1. The average molecular weight is 363 g/mol. The van der Waals surface area contributed by atoms with Gasteiger partial charge in [0, 0.05) is 50.1 Å². The van der Waals surface area contributed by atoms with E-state index in [-0.39, 0.29) is 5.82 Å². The molecule has 0 amide bonds. The molecule has 2 heterocycles. The lowest BCUT2D eigenvalue weighted by Gasteiger charge is -2.35. The van der Waals surface area contributed by atoms with Crippen molar-refractivity contribution in [2.24, 2.45) is 10.7 Å². The van der Waals surface area contributed by atoms with Gasteiger partial charge in [-0.1, -0.05) is 17.7 Å².